The molecule has 1 saturated heterocycles. The standard InChI is InChI=1S/C14H30N2S/c1-6-7-15-13(3)14(4,5)11-16-8-9-17-12(2)10-16/h12-13,15H,6-11H2,1-5H3. The van der Waals surface area contributed by atoms with E-state index in [0.717, 1.165) is 11.8 Å². The zero-order valence-electron chi connectivity index (χ0n) is 12.3. The molecule has 0 aliphatic carbocycles. The Morgan fingerprint density at radius 1 is 1.47 bits per heavy atom. The Labute approximate surface area is 112 Å². The molecule has 1 aliphatic rings. The molecule has 1 heterocycles. The molecule has 0 bridgehead atoms. The quantitative estimate of drug-likeness (QED) is 0.789. The highest BCUT2D eigenvalue weighted by molar-refractivity contribution is 7.99. The van der Waals surface area contributed by atoms with Crippen molar-refractivity contribution in [1.82, 2.24) is 10.2 Å². The summed E-state index contributed by atoms with van der Waals surface area (Å²) in [6.07, 6.45) is 1.22. The van der Waals surface area contributed by atoms with Crippen LogP contribution < -0.4 is 5.32 Å². The fourth-order valence-corrected chi connectivity index (χ4v) is 3.47. The van der Waals surface area contributed by atoms with Crippen molar-refractivity contribution in [3.63, 3.8) is 0 Å². The Bertz CT molecular complexity index is 218. The molecule has 0 radical (unpaired) electrons. The van der Waals surface area contributed by atoms with Crippen LogP contribution in [0, 0.1) is 5.41 Å². The van der Waals surface area contributed by atoms with Gasteiger partial charge in [0.1, 0.15) is 0 Å². The minimum Gasteiger partial charge on any atom is -0.314 e. The molecule has 1 aliphatic heterocycles. The molecule has 17 heavy (non-hydrogen) atoms. The summed E-state index contributed by atoms with van der Waals surface area (Å²) in [5.74, 6) is 1.30. The van der Waals surface area contributed by atoms with Crippen LogP contribution in [-0.2, 0) is 0 Å². The zero-order valence-corrected chi connectivity index (χ0v) is 13.1. The van der Waals surface area contributed by atoms with Crippen LogP contribution in [0.25, 0.3) is 0 Å². The van der Waals surface area contributed by atoms with Gasteiger partial charge in [-0.1, -0.05) is 27.7 Å². The molecule has 0 saturated carbocycles. The van der Waals surface area contributed by atoms with E-state index in [1.165, 1.54) is 31.8 Å². The summed E-state index contributed by atoms with van der Waals surface area (Å²) in [6.45, 7) is 16.6. The fourth-order valence-electron chi connectivity index (χ4n) is 2.38. The summed E-state index contributed by atoms with van der Waals surface area (Å²) in [4.78, 5) is 2.64. The van der Waals surface area contributed by atoms with E-state index < -0.39 is 0 Å². The predicted octanol–water partition coefficient (Wildman–Crippen LogP) is 2.84. The van der Waals surface area contributed by atoms with Gasteiger partial charge in [0.25, 0.3) is 0 Å². The minimum atomic E-state index is 0.358. The van der Waals surface area contributed by atoms with Crippen molar-refractivity contribution in [3.05, 3.63) is 0 Å². The lowest BCUT2D eigenvalue weighted by Crippen LogP contribution is -2.49. The number of thioether (sulfide) groups is 1. The van der Waals surface area contributed by atoms with Gasteiger partial charge in [0.05, 0.1) is 0 Å². The van der Waals surface area contributed by atoms with Gasteiger partial charge in [0.15, 0.2) is 0 Å². The molecular formula is C14H30N2S. The van der Waals surface area contributed by atoms with E-state index in [9.17, 15) is 0 Å². The summed E-state index contributed by atoms with van der Waals surface area (Å²) >= 11 is 2.11. The molecule has 0 amide bonds. The van der Waals surface area contributed by atoms with Crippen LogP contribution in [0.15, 0.2) is 0 Å². The van der Waals surface area contributed by atoms with Crippen LogP contribution in [0.4, 0.5) is 0 Å². The predicted molar refractivity (Wildman–Crippen MR) is 79.9 cm³/mol. The van der Waals surface area contributed by atoms with Crippen LogP contribution in [-0.4, -0.2) is 48.1 Å². The number of nitrogens with one attached hydrogen (secondary N) is 1. The van der Waals surface area contributed by atoms with Crippen LogP contribution >= 0.6 is 11.8 Å². The van der Waals surface area contributed by atoms with Gasteiger partial charge in [-0.2, -0.15) is 11.8 Å². The molecule has 102 valence electrons. The van der Waals surface area contributed by atoms with Gasteiger partial charge in [-0.3, -0.25) is 0 Å². The van der Waals surface area contributed by atoms with Gasteiger partial charge < -0.3 is 10.2 Å². The minimum absolute atomic E-state index is 0.358. The Kier molecular flexibility index (Phi) is 6.32. The molecule has 2 nitrogen and oxygen atoms in total. The molecule has 0 aromatic heterocycles. The van der Waals surface area contributed by atoms with Gasteiger partial charge in [-0.15, -0.1) is 0 Å². The van der Waals surface area contributed by atoms with Crippen molar-refractivity contribution in [3.8, 4) is 0 Å². The molecule has 0 spiro atoms. The summed E-state index contributed by atoms with van der Waals surface area (Å²) in [5.41, 5.74) is 0.358. The van der Waals surface area contributed by atoms with Gasteiger partial charge in [-0.25, -0.2) is 0 Å². The number of rotatable bonds is 6. The van der Waals surface area contributed by atoms with Crippen LogP contribution in [0.5, 0.6) is 0 Å². The first kappa shape index (κ1) is 15.3. The maximum absolute atomic E-state index is 3.64. The van der Waals surface area contributed by atoms with Crippen molar-refractivity contribution >= 4 is 11.8 Å². The van der Waals surface area contributed by atoms with Gasteiger partial charge >= 0.3 is 0 Å². The first-order valence-corrected chi connectivity index (χ1v) is 8.08. The van der Waals surface area contributed by atoms with Crippen LogP contribution in [0.1, 0.15) is 41.0 Å². The van der Waals surface area contributed by atoms with Crippen molar-refractivity contribution in [2.45, 2.75) is 52.3 Å². The first-order chi connectivity index (χ1) is 7.95. The molecule has 1 rings (SSSR count). The highest BCUT2D eigenvalue weighted by Gasteiger charge is 2.29. The highest BCUT2D eigenvalue weighted by atomic mass is 32.2. The monoisotopic (exact) mass is 258 g/mol. The van der Waals surface area contributed by atoms with Gasteiger partial charge in [-0.05, 0) is 25.3 Å². The van der Waals surface area contributed by atoms with Gasteiger partial charge in [0.2, 0.25) is 0 Å². The van der Waals surface area contributed by atoms with Crippen LogP contribution in [0.3, 0.4) is 0 Å². The van der Waals surface area contributed by atoms with E-state index in [4.69, 9.17) is 0 Å². The van der Waals surface area contributed by atoms with E-state index >= 15 is 0 Å². The van der Waals surface area contributed by atoms with E-state index in [2.05, 4.69) is 56.6 Å². The molecule has 3 heteroatoms. The molecule has 0 aromatic rings. The molecular weight excluding hydrogens is 228 g/mol. The summed E-state index contributed by atoms with van der Waals surface area (Å²) in [6, 6.07) is 0.590. The normalized spacial score (nSPS) is 24.9. The van der Waals surface area contributed by atoms with Crippen molar-refractivity contribution < 1.29 is 0 Å². The molecule has 1 fully saturated rings. The number of hydrogen-bond donors (Lipinski definition) is 1. The third-order valence-electron chi connectivity index (χ3n) is 3.83. The van der Waals surface area contributed by atoms with Gasteiger partial charge in [0, 0.05) is 36.7 Å². The fraction of sp³-hybridized carbons (Fsp3) is 1.00. The first-order valence-electron chi connectivity index (χ1n) is 7.03. The Hall–Kier alpha value is 0.270. The topological polar surface area (TPSA) is 15.3 Å². The van der Waals surface area contributed by atoms with Crippen molar-refractivity contribution in [2.75, 3.05) is 31.9 Å². The maximum atomic E-state index is 3.64. The molecule has 0 aromatic carbocycles. The second-order valence-corrected chi connectivity index (χ2v) is 7.63. The second kappa shape index (κ2) is 7.01. The third-order valence-corrected chi connectivity index (χ3v) is 4.97. The molecule has 2 unspecified atom stereocenters. The Balaban J connectivity index is 2.41. The van der Waals surface area contributed by atoms with E-state index in [-0.39, 0.29) is 0 Å². The lowest BCUT2D eigenvalue weighted by Gasteiger charge is -2.40. The maximum Gasteiger partial charge on any atom is 0.0147 e. The lowest BCUT2D eigenvalue weighted by molar-refractivity contribution is 0.147. The third kappa shape index (κ3) is 5.19. The molecule has 1 N–H and O–H groups in total. The number of nitrogens with zero attached hydrogens (tertiary/aromatic N) is 1. The second-order valence-electron chi connectivity index (χ2n) is 6.08. The Morgan fingerprint density at radius 3 is 2.76 bits per heavy atom. The van der Waals surface area contributed by atoms with E-state index in [1.807, 2.05) is 0 Å². The largest absolute Gasteiger partial charge is 0.314 e. The van der Waals surface area contributed by atoms with E-state index in [1.54, 1.807) is 0 Å². The SMILES string of the molecule is CCCNC(C)C(C)(C)CN1CCSC(C)C1. The number of hydrogen-bond acceptors (Lipinski definition) is 3. The average molecular weight is 258 g/mol. The van der Waals surface area contributed by atoms with Crippen molar-refractivity contribution in [1.29, 1.82) is 0 Å². The lowest BCUT2D eigenvalue weighted by atomic mass is 9.84. The molecule has 2 atom stereocenters. The van der Waals surface area contributed by atoms with Crippen molar-refractivity contribution in [2.24, 2.45) is 5.41 Å². The summed E-state index contributed by atoms with van der Waals surface area (Å²) < 4.78 is 0. The zero-order chi connectivity index (χ0) is 12.9. The smallest absolute Gasteiger partial charge is 0.0147 e. The van der Waals surface area contributed by atoms with E-state index in [0.29, 0.717) is 11.5 Å². The average Bonchev–Trinajstić information content (AvgIpc) is 2.25. The van der Waals surface area contributed by atoms with Crippen LogP contribution in [0.2, 0.25) is 0 Å². The summed E-state index contributed by atoms with van der Waals surface area (Å²) in [5, 5.41) is 4.45. The Morgan fingerprint density at radius 2 is 2.18 bits per heavy atom. The highest BCUT2D eigenvalue weighted by Crippen LogP contribution is 2.25. The summed E-state index contributed by atoms with van der Waals surface area (Å²) in [7, 11) is 0.